The fraction of sp³-hybridized carbons (Fsp3) is 0.357. The Morgan fingerprint density at radius 1 is 1.38 bits per heavy atom. The average Bonchev–Trinajstić information content (AvgIpc) is 2.76. The molecule has 0 saturated carbocycles. The number of benzene rings is 1. The monoisotopic (exact) mass is 232 g/mol. The highest BCUT2D eigenvalue weighted by Gasteiger charge is 2.13. The Kier molecular flexibility index (Phi) is 3.39. The van der Waals surface area contributed by atoms with Crippen molar-refractivity contribution in [3.05, 3.63) is 35.2 Å². The number of ketones is 1. The second kappa shape index (κ2) is 4.79. The second-order valence-electron chi connectivity index (χ2n) is 4.29. The first-order valence-electron chi connectivity index (χ1n) is 5.71. The molecule has 1 atom stereocenters. The Bertz CT molecular complexity index is 498. The third kappa shape index (κ3) is 2.17. The molecule has 0 spiro atoms. The fourth-order valence-corrected chi connectivity index (χ4v) is 2.72. The summed E-state index contributed by atoms with van der Waals surface area (Å²) in [6.07, 6.45) is 1.72. The molecule has 1 aromatic carbocycles. The van der Waals surface area contributed by atoms with Gasteiger partial charge in [-0.15, -0.1) is 11.3 Å². The molecule has 0 aliphatic heterocycles. The molecule has 0 saturated heterocycles. The molecule has 2 aromatic rings. The van der Waals surface area contributed by atoms with Crippen molar-refractivity contribution < 1.29 is 4.79 Å². The van der Waals surface area contributed by atoms with Crippen LogP contribution in [0.25, 0.3) is 10.1 Å². The van der Waals surface area contributed by atoms with Crippen LogP contribution in [0.1, 0.15) is 37.0 Å². The zero-order valence-electron chi connectivity index (χ0n) is 9.69. The Balaban J connectivity index is 2.32. The normalized spacial score (nSPS) is 12.9. The summed E-state index contributed by atoms with van der Waals surface area (Å²) in [5.41, 5.74) is 0.896. The van der Waals surface area contributed by atoms with E-state index in [0.29, 0.717) is 12.3 Å². The van der Waals surface area contributed by atoms with E-state index >= 15 is 0 Å². The van der Waals surface area contributed by atoms with E-state index in [1.807, 2.05) is 17.5 Å². The molecule has 84 valence electrons. The summed E-state index contributed by atoms with van der Waals surface area (Å²) in [7, 11) is 0. The molecule has 1 aromatic heterocycles. The van der Waals surface area contributed by atoms with Gasteiger partial charge in [0.2, 0.25) is 0 Å². The molecule has 2 rings (SSSR count). The van der Waals surface area contributed by atoms with Crippen molar-refractivity contribution in [1.82, 2.24) is 0 Å². The minimum absolute atomic E-state index is 0.280. The molecule has 0 N–H and O–H groups in total. The van der Waals surface area contributed by atoms with Crippen LogP contribution in [0.3, 0.4) is 0 Å². The van der Waals surface area contributed by atoms with Crippen LogP contribution in [0, 0.1) is 5.92 Å². The molecule has 0 aliphatic rings. The summed E-state index contributed by atoms with van der Waals surface area (Å²) in [4.78, 5) is 12.1. The highest BCUT2D eigenvalue weighted by atomic mass is 32.1. The van der Waals surface area contributed by atoms with Crippen LogP contribution in [-0.4, -0.2) is 5.78 Å². The molecule has 0 fully saturated rings. The van der Waals surface area contributed by atoms with E-state index in [-0.39, 0.29) is 5.78 Å². The molecule has 1 unspecified atom stereocenters. The van der Waals surface area contributed by atoms with Gasteiger partial charge in [-0.25, -0.2) is 0 Å². The van der Waals surface area contributed by atoms with Crippen molar-refractivity contribution in [3.63, 3.8) is 0 Å². The molecule has 0 radical (unpaired) electrons. The maximum Gasteiger partial charge on any atom is 0.164 e. The zero-order chi connectivity index (χ0) is 11.5. The van der Waals surface area contributed by atoms with Crippen LogP contribution in [0.4, 0.5) is 0 Å². The van der Waals surface area contributed by atoms with Gasteiger partial charge >= 0.3 is 0 Å². The van der Waals surface area contributed by atoms with E-state index in [1.165, 1.54) is 5.39 Å². The summed E-state index contributed by atoms with van der Waals surface area (Å²) in [6, 6.07) is 8.05. The Labute approximate surface area is 100 Å². The van der Waals surface area contributed by atoms with Gasteiger partial charge in [-0.1, -0.05) is 32.4 Å². The minimum Gasteiger partial charge on any atom is -0.294 e. The lowest BCUT2D eigenvalue weighted by Gasteiger charge is -2.07. The molecule has 1 heterocycles. The zero-order valence-corrected chi connectivity index (χ0v) is 10.5. The smallest absolute Gasteiger partial charge is 0.164 e. The number of Topliss-reactive ketones (excluding diaryl/α,β-unsaturated/α-hetero) is 1. The van der Waals surface area contributed by atoms with E-state index in [9.17, 15) is 4.79 Å². The highest BCUT2D eigenvalue weighted by molar-refractivity contribution is 7.17. The van der Waals surface area contributed by atoms with Gasteiger partial charge in [-0.3, -0.25) is 4.79 Å². The molecule has 0 amide bonds. The van der Waals surface area contributed by atoms with Crippen LogP contribution in [-0.2, 0) is 0 Å². The van der Waals surface area contributed by atoms with E-state index in [0.717, 1.165) is 16.7 Å². The summed E-state index contributed by atoms with van der Waals surface area (Å²) in [6.45, 7) is 4.26. The first kappa shape index (κ1) is 11.3. The van der Waals surface area contributed by atoms with Gasteiger partial charge < -0.3 is 0 Å². The van der Waals surface area contributed by atoms with Gasteiger partial charge in [0.05, 0.1) is 0 Å². The third-order valence-corrected chi connectivity index (χ3v) is 3.97. The van der Waals surface area contributed by atoms with Crippen molar-refractivity contribution in [1.29, 1.82) is 0 Å². The van der Waals surface area contributed by atoms with Crippen LogP contribution in [0.15, 0.2) is 29.6 Å². The van der Waals surface area contributed by atoms with Crippen molar-refractivity contribution in [2.24, 2.45) is 5.92 Å². The number of hydrogen-bond acceptors (Lipinski definition) is 2. The average molecular weight is 232 g/mol. The standard InChI is InChI=1S/C14H16OS/c1-3-10(2)9-13(15)12-6-4-5-11-7-8-16-14(11)12/h4-8,10H,3,9H2,1-2H3. The molecule has 0 aliphatic carbocycles. The molecular formula is C14H16OS. The highest BCUT2D eigenvalue weighted by Crippen LogP contribution is 2.26. The van der Waals surface area contributed by atoms with Crippen LogP contribution in [0.5, 0.6) is 0 Å². The number of fused-ring (bicyclic) bond motifs is 1. The van der Waals surface area contributed by atoms with Gasteiger partial charge in [0, 0.05) is 16.7 Å². The number of thiophene rings is 1. The first-order valence-corrected chi connectivity index (χ1v) is 6.59. The topological polar surface area (TPSA) is 17.1 Å². The van der Waals surface area contributed by atoms with Crippen molar-refractivity contribution in [3.8, 4) is 0 Å². The van der Waals surface area contributed by atoms with Crippen LogP contribution in [0.2, 0.25) is 0 Å². The summed E-state index contributed by atoms with van der Waals surface area (Å²) in [5.74, 6) is 0.755. The minimum atomic E-state index is 0.280. The maximum absolute atomic E-state index is 12.1. The van der Waals surface area contributed by atoms with Gasteiger partial charge in [-0.2, -0.15) is 0 Å². The van der Waals surface area contributed by atoms with E-state index in [2.05, 4.69) is 26.0 Å². The lowest BCUT2D eigenvalue weighted by molar-refractivity contribution is 0.0965. The Morgan fingerprint density at radius 3 is 2.94 bits per heavy atom. The third-order valence-electron chi connectivity index (χ3n) is 3.01. The first-order chi connectivity index (χ1) is 7.72. The predicted molar refractivity (Wildman–Crippen MR) is 70.2 cm³/mol. The Hall–Kier alpha value is -1.15. The fourth-order valence-electron chi connectivity index (χ4n) is 1.78. The largest absolute Gasteiger partial charge is 0.294 e. The number of carbonyl (C=O) groups is 1. The van der Waals surface area contributed by atoms with Gasteiger partial charge in [0.25, 0.3) is 0 Å². The Morgan fingerprint density at radius 2 is 2.19 bits per heavy atom. The second-order valence-corrected chi connectivity index (χ2v) is 5.20. The summed E-state index contributed by atoms with van der Waals surface area (Å²) < 4.78 is 1.14. The molecule has 1 nitrogen and oxygen atoms in total. The molecule has 2 heteroatoms. The van der Waals surface area contributed by atoms with Gasteiger partial charge in [0.15, 0.2) is 5.78 Å². The number of carbonyl (C=O) groups excluding carboxylic acids is 1. The molecular weight excluding hydrogens is 216 g/mol. The molecule has 0 bridgehead atoms. The lowest BCUT2D eigenvalue weighted by Crippen LogP contribution is -2.05. The van der Waals surface area contributed by atoms with Gasteiger partial charge in [0.1, 0.15) is 0 Å². The van der Waals surface area contributed by atoms with E-state index < -0.39 is 0 Å². The van der Waals surface area contributed by atoms with Gasteiger partial charge in [-0.05, 0) is 28.8 Å². The van der Waals surface area contributed by atoms with Crippen molar-refractivity contribution in [2.75, 3.05) is 0 Å². The lowest BCUT2D eigenvalue weighted by atomic mass is 9.97. The molecule has 16 heavy (non-hydrogen) atoms. The number of rotatable bonds is 4. The van der Waals surface area contributed by atoms with E-state index in [1.54, 1.807) is 11.3 Å². The summed E-state index contributed by atoms with van der Waals surface area (Å²) >= 11 is 1.66. The van der Waals surface area contributed by atoms with Crippen molar-refractivity contribution in [2.45, 2.75) is 26.7 Å². The SMILES string of the molecule is CCC(C)CC(=O)c1cccc2ccsc12. The predicted octanol–water partition coefficient (Wildman–Crippen LogP) is 4.52. The summed E-state index contributed by atoms with van der Waals surface area (Å²) in [5, 5.41) is 3.23. The van der Waals surface area contributed by atoms with Crippen LogP contribution >= 0.6 is 11.3 Å². The quantitative estimate of drug-likeness (QED) is 0.708. The maximum atomic E-state index is 12.1. The van der Waals surface area contributed by atoms with Crippen LogP contribution < -0.4 is 0 Å². The number of hydrogen-bond donors (Lipinski definition) is 0. The van der Waals surface area contributed by atoms with Crippen molar-refractivity contribution >= 4 is 27.2 Å². The van der Waals surface area contributed by atoms with E-state index in [4.69, 9.17) is 0 Å².